The first kappa shape index (κ1) is 29.0. The molecular formula is C35H37N3OS. The van der Waals surface area contributed by atoms with Crippen molar-refractivity contribution in [3.8, 4) is 17.2 Å². The first-order valence-electron chi connectivity index (χ1n) is 13.8. The molecule has 1 aromatic heterocycles. The highest BCUT2D eigenvalue weighted by molar-refractivity contribution is 7.21. The molecule has 3 aromatic carbocycles. The third-order valence-electron chi connectivity index (χ3n) is 7.64. The normalized spacial score (nSPS) is 16.3. The second-order valence-corrected chi connectivity index (χ2v) is 11.2. The number of rotatable bonds is 7. The number of hydrogen-bond acceptors (Lipinski definition) is 4. The van der Waals surface area contributed by atoms with Gasteiger partial charge in [-0.2, -0.15) is 5.26 Å². The highest BCUT2D eigenvalue weighted by Crippen LogP contribution is 2.34. The van der Waals surface area contributed by atoms with E-state index in [9.17, 15) is 4.79 Å². The Bertz CT molecular complexity index is 1500. The molecule has 4 aromatic rings. The number of nitrogens with zero attached hydrogens (tertiary/aromatic N) is 2. The van der Waals surface area contributed by atoms with E-state index in [1.54, 1.807) is 23.5 Å². The number of hydrogen-bond donors (Lipinski definition) is 1. The van der Waals surface area contributed by atoms with Crippen LogP contribution < -0.4 is 5.32 Å². The molecule has 0 saturated heterocycles. The lowest BCUT2D eigenvalue weighted by atomic mass is 9.89. The highest BCUT2D eigenvalue weighted by atomic mass is 32.1. The number of thiophene rings is 1. The van der Waals surface area contributed by atoms with Crippen molar-refractivity contribution < 1.29 is 4.79 Å². The maximum atomic E-state index is 14.1. The zero-order chi connectivity index (χ0) is 28.5. The van der Waals surface area contributed by atoms with Crippen LogP contribution in [0, 0.1) is 18.3 Å². The molecule has 0 unspecified atom stereocenters. The summed E-state index contributed by atoms with van der Waals surface area (Å²) in [5, 5.41) is 13.7. The van der Waals surface area contributed by atoms with Gasteiger partial charge in [-0.15, -0.1) is 11.3 Å². The van der Waals surface area contributed by atoms with Crippen LogP contribution in [0.5, 0.6) is 0 Å². The largest absolute Gasteiger partial charge is 0.331 e. The summed E-state index contributed by atoms with van der Waals surface area (Å²) in [4.78, 5) is 17.1. The summed E-state index contributed by atoms with van der Waals surface area (Å²) in [5.41, 5.74) is 5.04. The number of nitrogens with one attached hydrogen (secondary N) is 1. The highest BCUT2D eigenvalue weighted by Gasteiger charge is 2.31. The van der Waals surface area contributed by atoms with Crippen molar-refractivity contribution in [2.24, 2.45) is 0 Å². The number of fused-ring (bicyclic) bond motifs is 1. The number of nitriles is 1. The van der Waals surface area contributed by atoms with Crippen molar-refractivity contribution in [2.45, 2.75) is 51.2 Å². The molecule has 1 saturated carbocycles. The lowest BCUT2D eigenvalue weighted by Gasteiger charge is -2.37. The summed E-state index contributed by atoms with van der Waals surface area (Å²) >= 11 is 1.61. The third kappa shape index (κ3) is 6.77. The van der Waals surface area contributed by atoms with Crippen molar-refractivity contribution >= 4 is 27.3 Å². The van der Waals surface area contributed by atoms with Gasteiger partial charge in [0.05, 0.1) is 16.5 Å². The van der Waals surface area contributed by atoms with Crippen LogP contribution in [-0.2, 0) is 6.54 Å². The Morgan fingerprint density at radius 3 is 2.33 bits per heavy atom. The molecule has 0 radical (unpaired) electrons. The van der Waals surface area contributed by atoms with Crippen LogP contribution >= 0.6 is 11.3 Å². The van der Waals surface area contributed by atoms with E-state index >= 15 is 0 Å². The summed E-state index contributed by atoms with van der Waals surface area (Å²) < 4.78 is 1.17. The summed E-state index contributed by atoms with van der Waals surface area (Å²) in [5.74, 6) is 0.144. The molecule has 0 aliphatic heterocycles. The van der Waals surface area contributed by atoms with E-state index in [1.165, 1.54) is 10.1 Å². The van der Waals surface area contributed by atoms with Gasteiger partial charge in [0.1, 0.15) is 0 Å². The SMILES string of the molecule is C=CC=C.CNC1CCC(N(Cc2cccc(-c3ccc(C#N)cc3)c2)C(=O)c2sc3ccccc3c2C)CC1. The van der Waals surface area contributed by atoms with Gasteiger partial charge in [-0.3, -0.25) is 4.79 Å². The maximum Gasteiger partial charge on any atom is 0.264 e. The van der Waals surface area contributed by atoms with Gasteiger partial charge in [-0.25, -0.2) is 0 Å². The minimum atomic E-state index is 0.144. The molecule has 1 N–H and O–H groups in total. The summed E-state index contributed by atoms with van der Waals surface area (Å²) in [6, 6.07) is 27.4. The fraction of sp³-hybridized carbons (Fsp3) is 0.257. The molecule has 1 aliphatic rings. The lowest BCUT2D eigenvalue weighted by Crippen LogP contribution is -2.44. The molecule has 1 amide bonds. The van der Waals surface area contributed by atoms with E-state index in [-0.39, 0.29) is 11.9 Å². The molecule has 1 heterocycles. The molecule has 4 nitrogen and oxygen atoms in total. The Morgan fingerprint density at radius 2 is 1.70 bits per heavy atom. The topological polar surface area (TPSA) is 56.1 Å². The molecule has 40 heavy (non-hydrogen) atoms. The average molecular weight is 548 g/mol. The summed E-state index contributed by atoms with van der Waals surface area (Å²) in [6.45, 7) is 9.39. The van der Waals surface area contributed by atoms with Crippen molar-refractivity contribution in [3.63, 3.8) is 0 Å². The Balaban J connectivity index is 0.000000867. The standard InChI is InChI=1S/C31H31N3OS.C4H6/c1-21-28-8-3-4-9-29(28)36-30(21)31(35)34(27-16-14-26(33-2)15-17-27)20-23-6-5-7-25(18-23)24-12-10-22(19-32)11-13-24;1-3-4-2/h3-13,18,26-27,33H,14-17,20H2,1-2H3;3-4H,1-2H2. The van der Waals surface area contributed by atoms with E-state index in [0.29, 0.717) is 18.2 Å². The number of carbonyl (C=O) groups excluding carboxylic acids is 1. The maximum absolute atomic E-state index is 14.1. The molecule has 0 atom stereocenters. The summed E-state index contributed by atoms with van der Waals surface area (Å²) in [7, 11) is 2.03. The van der Waals surface area contributed by atoms with E-state index in [2.05, 4.69) is 72.8 Å². The first-order chi connectivity index (χ1) is 19.5. The quantitative estimate of drug-likeness (QED) is 0.237. The molecule has 0 bridgehead atoms. The van der Waals surface area contributed by atoms with Crippen LogP contribution in [0.4, 0.5) is 0 Å². The fourth-order valence-corrected chi connectivity index (χ4v) is 6.50. The molecule has 0 spiro atoms. The minimum absolute atomic E-state index is 0.144. The molecule has 1 aliphatic carbocycles. The third-order valence-corrected chi connectivity index (χ3v) is 8.90. The first-order valence-corrected chi connectivity index (χ1v) is 14.6. The average Bonchev–Trinajstić information content (AvgIpc) is 3.36. The number of aryl methyl sites for hydroxylation is 1. The van der Waals surface area contributed by atoms with Crippen molar-refractivity contribution in [3.05, 3.63) is 120 Å². The number of carbonyl (C=O) groups is 1. The van der Waals surface area contributed by atoms with Gasteiger partial charge in [0.15, 0.2) is 0 Å². The van der Waals surface area contributed by atoms with Gasteiger partial charge in [0.25, 0.3) is 5.91 Å². The Labute approximate surface area is 242 Å². The van der Waals surface area contributed by atoms with Crippen molar-refractivity contribution in [1.29, 1.82) is 5.26 Å². The predicted molar refractivity (Wildman–Crippen MR) is 169 cm³/mol. The number of amides is 1. The molecule has 5 heteroatoms. The Morgan fingerprint density at radius 1 is 1.00 bits per heavy atom. The number of benzene rings is 3. The van der Waals surface area contributed by atoms with Crippen LogP contribution in [0.15, 0.2) is 98.1 Å². The van der Waals surface area contributed by atoms with Crippen LogP contribution in [0.1, 0.15) is 52.0 Å². The zero-order valence-electron chi connectivity index (χ0n) is 23.4. The van der Waals surface area contributed by atoms with Crippen LogP contribution in [0.3, 0.4) is 0 Å². The number of allylic oxidation sites excluding steroid dienone is 2. The van der Waals surface area contributed by atoms with Gasteiger partial charge in [-0.1, -0.05) is 73.8 Å². The minimum Gasteiger partial charge on any atom is -0.331 e. The van der Waals surface area contributed by atoms with Gasteiger partial charge in [-0.05, 0) is 91.6 Å². The van der Waals surface area contributed by atoms with Gasteiger partial charge in [0.2, 0.25) is 0 Å². The summed E-state index contributed by atoms with van der Waals surface area (Å²) in [6.07, 6.45) is 7.47. The Hall–Kier alpha value is -3.98. The van der Waals surface area contributed by atoms with Gasteiger partial charge >= 0.3 is 0 Å². The fourth-order valence-electron chi connectivity index (χ4n) is 5.33. The van der Waals surface area contributed by atoms with E-state index < -0.39 is 0 Å². The second-order valence-electron chi connectivity index (χ2n) is 10.1. The molecule has 5 rings (SSSR count). The van der Waals surface area contributed by atoms with Crippen LogP contribution in [0.2, 0.25) is 0 Å². The monoisotopic (exact) mass is 547 g/mol. The van der Waals surface area contributed by atoms with Crippen molar-refractivity contribution in [2.75, 3.05) is 7.05 Å². The van der Waals surface area contributed by atoms with Gasteiger partial charge < -0.3 is 10.2 Å². The predicted octanol–water partition coefficient (Wildman–Crippen LogP) is 8.28. The van der Waals surface area contributed by atoms with E-state index in [1.807, 2.05) is 43.4 Å². The Kier molecular flexibility index (Phi) is 10.1. The van der Waals surface area contributed by atoms with E-state index in [0.717, 1.165) is 52.8 Å². The second kappa shape index (κ2) is 13.9. The molecule has 204 valence electrons. The van der Waals surface area contributed by atoms with Crippen LogP contribution in [-0.4, -0.2) is 29.9 Å². The lowest BCUT2D eigenvalue weighted by molar-refractivity contribution is 0.0605. The van der Waals surface area contributed by atoms with Crippen molar-refractivity contribution in [1.82, 2.24) is 10.2 Å². The van der Waals surface area contributed by atoms with Crippen LogP contribution in [0.25, 0.3) is 21.2 Å². The smallest absolute Gasteiger partial charge is 0.264 e. The van der Waals surface area contributed by atoms with Gasteiger partial charge in [0, 0.05) is 23.3 Å². The van der Waals surface area contributed by atoms with E-state index in [4.69, 9.17) is 5.26 Å². The molecule has 1 fully saturated rings. The molecular weight excluding hydrogens is 510 g/mol. The zero-order valence-corrected chi connectivity index (χ0v) is 24.2.